The minimum atomic E-state index is 0. The number of hydrogen-bond acceptors (Lipinski definition) is 1. The summed E-state index contributed by atoms with van der Waals surface area (Å²) >= 11 is 0.500. The average Bonchev–Trinajstić information content (AvgIpc) is 1.00. The number of hydrogen-bond donors (Lipinski definition) is 0. The van der Waals surface area contributed by atoms with Gasteiger partial charge in [0.1, 0.15) is 0 Å². The summed E-state index contributed by atoms with van der Waals surface area (Å²) in [7, 11) is 0. The first-order chi connectivity index (χ1) is 1.00. The molecule has 6 heavy (non-hydrogen) atoms. The molecular formula is H6CaFNaNbO2. The van der Waals surface area contributed by atoms with Crippen LogP contribution in [0.25, 0.3) is 0 Å². The van der Waals surface area contributed by atoms with Gasteiger partial charge in [-0.15, -0.1) is 0 Å². The molecule has 0 rings (SSSR count). The van der Waals surface area contributed by atoms with Crippen LogP contribution in [0.4, 0.5) is 4.70 Å². The molecule has 2 N–H and O–H groups in total. The summed E-state index contributed by atoms with van der Waals surface area (Å²) in [6, 6.07) is 0. The summed E-state index contributed by atoms with van der Waals surface area (Å²) in [5, 5.41) is 0. The minimum absolute atomic E-state index is 0. The van der Waals surface area contributed by atoms with Crippen LogP contribution in [0, 0.1) is 0 Å². The molecule has 0 aromatic heterocycles. The van der Waals surface area contributed by atoms with Crippen molar-refractivity contribution in [3.63, 3.8) is 0 Å². The standard InChI is InChI=1S/Ca.FH.Na.Nb.H2O.O.3H/h;1H;;;1H2;;;;. The van der Waals surface area contributed by atoms with Gasteiger partial charge in [0.15, 0.2) is 0 Å². The van der Waals surface area contributed by atoms with E-state index in [1.165, 1.54) is 0 Å². The Labute approximate surface area is 99.7 Å². The van der Waals surface area contributed by atoms with Crippen LogP contribution in [-0.4, -0.2) is 72.8 Å². The molecule has 0 radical (unpaired) electrons. The van der Waals surface area contributed by atoms with E-state index in [9.17, 15) is 0 Å². The van der Waals surface area contributed by atoms with E-state index in [4.69, 9.17) is 3.25 Å². The van der Waals surface area contributed by atoms with E-state index in [1.807, 2.05) is 0 Å². The molecule has 0 saturated heterocycles. The third-order valence-corrected chi connectivity index (χ3v) is 0. The Balaban J connectivity index is -0.000000000833. The average molecular weight is 213 g/mol. The summed E-state index contributed by atoms with van der Waals surface area (Å²) in [4.78, 5) is 0. The zero-order chi connectivity index (χ0) is 2.00. The van der Waals surface area contributed by atoms with Gasteiger partial charge in [-0.2, -0.15) is 0 Å². The van der Waals surface area contributed by atoms with Gasteiger partial charge < -0.3 is 5.48 Å². The maximum atomic E-state index is 8.30. The Kier molecular flexibility index (Phi) is 299. The quantitative estimate of drug-likeness (QED) is 0.415. The van der Waals surface area contributed by atoms with Gasteiger partial charge in [0.25, 0.3) is 0 Å². The number of halogens is 1. The Hall–Kier alpha value is 2.69. The van der Waals surface area contributed by atoms with E-state index < -0.39 is 0 Å². The summed E-state index contributed by atoms with van der Waals surface area (Å²) in [5.41, 5.74) is 0. The molecule has 6 heteroatoms. The predicted octanol–water partition coefficient (Wildman–Crippen LogP) is -2.36. The fraction of sp³-hybridized carbons (Fsp3) is 0. The van der Waals surface area contributed by atoms with E-state index in [2.05, 4.69) is 0 Å². The first-order valence-electron chi connectivity index (χ1n) is 0.183. The third kappa shape index (κ3) is 29.9. The Morgan fingerprint density at radius 1 is 1.17 bits per heavy atom. The second kappa shape index (κ2) is 47.6. The van der Waals surface area contributed by atoms with Gasteiger partial charge in [0, 0.05) is 0 Å². The van der Waals surface area contributed by atoms with E-state index in [0.29, 0.717) is 21.0 Å². The van der Waals surface area contributed by atoms with Crippen LogP contribution in [-0.2, 0) is 24.3 Å². The first-order valence-corrected chi connectivity index (χ1v) is 1.08. The van der Waals surface area contributed by atoms with Crippen LogP contribution in [0.15, 0.2) is 0 Å². The molecule has 0 fully saturated rings. The maximum absolute atomic E-state index is 8.30. The molecule has 0 aliphatic heterocycles. The molecule has 33 valence electrons. The van der Waals surface area contributed by atoms with Crippen molar-refractivity contribution in [1.29, 1.82) is 0 Å². The SMILES string of the molecule is F.O.[CaH2].[NaH].[O]=[Nb]. The van der Waals surface area contributed by atoms with Crippen LogP contribution >= 0.6 is 0 Å². The fourth-order valence-corrected chi connectivity index (χ4v) is 0. The first kappa shape index (κ1) is 37.7. The van der Waals surface area contributed by atoms with Crippen molar-refractivity contribution in [1.82, 2.24) is 0 Å². The zero-order valence-corrected chi connectivity index (χ0v) is 3.96. The van der Waals surface area contributed by atoms with Gasteiger partial charge in [-0.25, -0.2) is 0 Å². The molecule has 0 saturated carbocycles. The van der Waals surface area contributed by atoms with Gasteiger partial charge in [-0.05, 0) is 0 Å². The molecule has 0 aromatic carbocycles. The molecule has 0 amide bonds. The van der Waals surface area contributed by atoms with E-state index >= 15 is 0 Å². The molecule has 0 heterocycles. The van der Waals surface area contributed by atoms with Crippen LogP contribution in [0.3, 0.4) is 0 Å². The van der Waals surface area contributed by atoms with E-state index in [0.717, 1.165) is 0 Å². The second-order valence-electron chi connectivity index (χ2n) is 0. The van der Waals surface area contributed by atoms with Gasteiger partial charge in [-0.1, -0.05) is 0 Å². The molecule has 0 unspecified atom stereocenters. The van der Waals surface area contributed by atoms with Crippen molar-refractivity contribution < 1.29 is 34.5 Å². The normalized spacial score (nSPS) is 0.500. The summed E-state index contributed by atoms with van der Waals surface area (Å²) in [6.07, 6.45) is 0. The molecule has 0 aromatic rings. The zero-order valence-electron chi connectivity index (χ0n) is 1.76. The van der Waals surface area contributed by atoms with Gasteiger partial charge >= 0.3 is 91.6 Å². The Morgan fingerprint density at radius 3 is 1.17 bits per heavy atom. The monoisotopic (exact) mass is 213 g/mol. The predicted molar refractivity (Wildman–Crippen MR) is 22.5 cm³/mol. The molecule has 0 bridgehead atoms. The molecule has 0 aliphatic carbocycles. The molecule has 0 atom stereocenters. The van der Waals surface area contributed by atoms with Crippen molar-refractivity contribution in [3.8, 4) is 0 Å². The van der Waals surface area contributed by atoms with E-state index in [-0.39, 0.29) is 77.5 Å². The van der Waals surface area contributed by atoms with Crippen molar-refractivity contribution >= 4 is 67.3 Å². The number of rotatable bonds is 0. The molecule has 0 aliphatic rings. The van der Waals surface area contributed by atoms with Crippen LogP contribution in [0.5, 0.6) is 0 Å². The Morgan fingerprint density at radius 2 is 1.17 bits per heavy atom. The van der Waals surface area contributed by atoms with Crippen molar-refractivity contribution in [3.05, 3.63) is 0 Å². The van der Waals surface area contributed by atoms with Crippen molar-refractivity contribution in [2.75, 3.05) is 0 Å². The van der Waals surface area contributed by atoms with Crippen LogP contribution < -0.4 is 0 Å². The fourth-order valence-electron chi connectivity index (χ4n) is 0. The Bertz CT molecular complexity index is 13.5. The van der Waals surface area contributed by atoms with Gasteiger partial charge in [0.2, 0.25) is 0 Å². The molecular weight excluding hydrogens is 207 g/mol. The van der Waals surface area contributed by atoms with Crippen LogP contribution in [0.2, 0.25) is 0 Å². The topological polar surface area (TPSA) is 48.6 Å². The summed E-state index contributed by atoms with van der Waals surface area (Å²) in [5.74, 6) is 0. The van der Waals surface area contributed by atoms with Gasteiger partial charge in [0.05, 0.1) is 0 Å². The second-order valence-corrected chi connectivity index (χ2v) is 0. The van der Waals surface area contributed by atoms with E-state index in [1.54, 1.807) is 0 Å². The third-order valence-electron chi connectivity index (χ3n) is 0. The summed E-state index contributed by atoms with van der Waals surface area (Å²) < 4.78 is 8.30. The molecule has 2 nitrogen and oxygen atoms in total. The van der Waals surface area contributed by atoms with Gasteiger partial charge in [-0.3, -0.25) is 4.70 Å². The van der Waals surface area contributed by atoms with Crippen molar-refractivity contribution in [2.45, 2.75) is 0 Å². The summed E-state index contributed by atoms with van der Waals surface area (Å²) in [6.45, 7) is 0. The van der Waals surface area contributed by atoms with Crippen molar-refractivity contribution in [2.24, 2.45) is 0 Å². The van der Waals surface area contributed by atoms with Crippen LogP contribution in [0.1, 0.15) is 0 Å². The molecule has 0 spiro atoms.